The van der Waals surface area contributed by atoms with Gasteiger partial charge in [-0.15, -0.1) is 0 Å². The van der Waals surface area contributed by atoms with Crippen LogP contribution >= 0.6 is 7.75 Å². The van der Waals surface area contributed by atoms with Gasteiger partial charge in [-0.2, -0.15) is 0 Å². The topological polar surface area (TPSA) is 56.8 Å². The summed E-state index contributed by atoms with van der Waals surface area (Å²) in [6.45, 7) is 3.94. The highest BCUT2D eigenvalue weighted by atomic mass is 31.2. The molecule has 0 heterocycles. The summed E-state index contributed by atoms with van der Waals surface area (Å²) in [7, 11) is -2.24. The SMILES string of the molecule is COc1ccccc1NP(=O)(Oc1ccc(C)cc1)Oc1ccc(C)cc1. The van der Waals surface area contributed by atoms with E-state index < -0.39 is 7.75 Å². The summed E-state index contributed by atoms with van der Waals surface area (Å²) in [5.41, 5.74) is 2.67. The average molecular weight is 383 g/mol. The van der Waals surface area contributed by atoms with Crippen molar-refractivity contribution in [3.05, 3.63) is 83.9 Å². The number of para-hydroxylation sites is 2. The van der Waals surface area contributed by atoms with Crippen molar-refractivity contribution in [1.82, 2.24) is 0 Å². The third-order valence-electron chi connectivity index (χ3n) is 3.86. The Kier molecular flexibility index (Phi) is 5.72. The van der Waals surface area contributed by atoms with Crippen molar-refractivity contribution in [2.75, 3.05) is 12.2 Å². The number of nitrogens with one attached hydrogen (secondary N) is 1. The van der Waals surface area contributed by atoms with E-state index in [1.165, 1.54) is 0 Å². The van der Waals surface area contributed by atoms with Crippen molar-refractivity contribution in [3.8, 4) is 17.2 Å². The van der Waals surface area contributed by atoms with Crippen LogP contribution in [0.3, 0.4) is 0 Å². The average Bonchev–Trinajstić information content (AvgIpc) is 2.66. The highest BCUT2D eigenvalue weighted by Gasteiger charge is 2.30. The zero-order valence-corrected chi connectivity index (χ0v) is 16.4. The van der Waals surface area contributed by atoms with E-state index in [2.05, 4.69) is 5.09 Å². The number of methoxy groups -OCH3 is 1. The van der Waals surface area contributed by atoms with E-state index in [4.69, 9.17) is 13.8 Å². The van der Waals surface area contributed by atoms with E-state index in [1.807, 2.05) is 50.2 Å². The molecule has 3 rings (SSSR count). The minimum atomic E-state index is -3.79. The predicted molar refractivity (Wildman–Crippen MR) is 108 cm³/mol. The maximum absolute atomic E-state index is 13.5. The molecule has 0 aliphatic heterocycles. The zero-order valence-electron chi connectivity index (χ0n) is 15.5. The molecule has 6 heteroatoms. The maximum Gasteiger partial charge on any atom is 0.541 e. The van der Waals surface area contributed by atoms with Crippen molar-refractivity contribution in [3.63, 3.8) is 0 Å². The van der Waals surface area contributed by atoms with Crippen LogP contribution in [-0.4, -0.2) is 7.11 Å². The second-order valence-corrected chi connectivity index (χ2v) is 7.70. The summed E-state index contributed by atoms with van der Waals surface area (Å²) in [6.07, 6.45) is 0. The van der Waals surface area contributed by atoms with Crippen molar-refractivity contribution in [2.24, 2.45) is 0 Å². The quantitative estimate of drug-likeness (QED) is 0.508. The highest BCUT2D eigenvalue weighted by Crippen LogP contribution is 2.49. The molecule has 0 amide bonds. The Morgan fingerprint density at radius 1 is 0.741 bits per heavy atom. The molecule has 0 aliphatic carbocycles. The first-order valence-electron chi connectivity index (χ1n) is 8.51. The standard InChI is InChI=1S/C21H22NO4P/c1-16-8-12-18(13-9-16)25-27(23,26-19-14-10-17(2)11-15-19)22-20-6-4-5-7-21(20)24-3/h4-15H,1-3H3,(H,22,23). The van der Waals surface area contributed by atoms with E-state index in [0.717, 1.165) is 11.1 Å². The number of hydrogen-bond donors (Lipinski definition) is 1. The highest BCUT2D eigenvalue weighted by molar-refractivity contribution is 7.56. The van der Waals surface area contributed by atoms with Crippen molar-refractivity contribution in [2.45, 2.75) is 13.8 Å². The molecule has 140 valence electrons. The molecule has 0 bridgehead atoms. The normalized spacial score (nSPS) is 10.9. The molecule has 27 heavy (non-hydrogen) atoms. The molecule has 0 saturated carbocycles. The Labute approximate surface area is 159 Å². The molecule has 0 unspecified atom stereocenters. The molecule has 5 nitrogen and oxygen atoms in total. The number of benzene rings is 3. The molecule has 0 radical (unpaired) electrons. The van der Waals surface area contributed by atoms with Crippen LogP contribution in [0.5, 0.6) is 17.2 Å². The number of rotatable bonds is 7. The van der Waals surface area contributed by atoms with E-state index in [-0.39, 0.29) is 0 Å². The third kappa shape index (κ3) is 5.05. The van der Waals surface area contributed by atoms with Crippen LogP contribution in [0, 0.1) is 13.8 Å². The van der Waals surface area contributed by atoms with E-state index in [1.54, 1.807) is 43.5 Å². The van der Waals surface area contributed by atoms with Crippen LogP contribution in [0.2, 0.25) is 0 Å². The molecule has 0 spiro atoms. The predicted octanol–water partition coefficient (Wildman–Crippen LogP) is 5.99. The molecule has 1 N–H and O–H groups in total. The fourth-order valence-corrected chi connectivity index (χ4v) is 3.83. The molecule has 3 aromatic carbocycles. The van der Waals surface area contributed by atoms with Gasteiger partial charge < -0.3 is 13.8 Å². The number of aryl methyl sites for hydroxylation is 2. The molecule has 0 atom stereocenters. The fourth-order valence-electron chi connectivity index (χ4n) is 2.42. The van der Waals surface area contributed by atoms with E-state index in [9.17, 15) is 4.57 Å². The first-order chi connectivity index (χ1) is 13.0. The lowest BCUT2D eigenvalue weighted by molar-refractivity contribution is 0.390. The lowest BCUT2D eigenvalue weighted by Gasteiger charge is -2.22. The van der Waals surface area contributed by atoms with Gasteiger partial charge in [0.05, 0.1) is 12.8 Å². The van der Waals surface area contributed by atoms with Gasteiger partial charge in [-0.3, -0.25) is 5.09 Å². The number of ether oxygens (including phenoxy) is 1. The van der Waals surface area contributed by atoms with Crippen molar-refractivity contribution >= 4 is 13.4 Å². The second kappa shape index (κ2) is 8.19. The van der Waals surface area contributed by atoms with E-state index >= 15 is 0 Å². The van der Waals surface area contributed by atoms with Crippen LogP contribution in [0.25, 0.3) is 0 Å². The summed E-state index contributed by atoms with van der Waals surface area (Å²) < 4.78 is 30.4. The van der Waals surface area contributed by atoms with Crippen LogP contribution in [0.15, 0.2) is 72.8 Å². The summed E-state index contributed by atoms with van der Waals surface area (Å²) >= 11 is 0. The Balaban J connectivity index is 1.92. The molecule has 3 aromatic rings. The van der Waals surface area contributed by atoms with Gasteiger partial charge in [0.15, 0.2) is 0 Å². The van der Waals surface area contributed by atoms with Gasteiger partial charge in [0.1, 0.15) is 17.2 Å². The molecule has 0 saturated heterocycles. The Bertz CT molecular complexity index is 888. The first kappa shape index (κ1) is 18.9. The summed E-state index contributed by atoms with van der Waals surface area (Å²) in [5.74, 6) is 1.43. The Morgan fingerprint density at radius 3 is 1.70 bits per heavy atom. The molecule has 0 fully saturated rings. The maximum atomic E-state index is 13.5. The van der Waals surface area contributed by atoms with Crippen LogP contribution in [0.4, 0.5) is 5.69 Å². The molecule has 0 aromatic heterocycles. The van der Waals surface area contributed by atoms with Crippen LogP contribution in [-0.2, 0) is 4.57 Å². The Hall–Kier alpha value is -2.91. The van der Waals surface area contributed by atoms with Gasteiger partial charge in [0.25, 0.3) is 0 Å². The largest absolute Gasteiger partial charge is 0.541 e. The zero-order chi connectivity index (χ0) is 19.3. The van der Waals surface area contributed by atoms with Gasteiger partial charge in [-0.1, -0.05) is 47.5 Å². The summed E-state index contributed by atoms with van der Waals surface area (Å²) in [5, 5.41) is 2.89. The van der Waals surface area contributed by atoms with Gasteiger partial charge in [-0.25, -0.2) is 4.57 Å². The smallest absolute Gasteiger partial charge is 0.495 e. The van der Waals surface area contributed by atoms with Gasteiger partial charge in [0.2, 0.25) is 0 Å². The monoisotopic (exact) mass is 383 g/mol. The first-order valence-corrected chi connectivity index (χ1v) is 10.1. The van der Waals surface area contributed by atoms with Crippen molar-refractivity contribution in [1.29, 1.82) is 0 Å². The molecule has 0 aliphatic rings. The minimum Gasteiger partial charge on any atom is -0.495 e. The van der Waals surface area contributed by atoms with Gasteiger partial charge in [0, 0.05) is 0 Å². The third-order valence-corrected chi connectivity index (χ3v) is 5.27. The van der Waals surface area contributed by atoms with Crippen LogP contribution < -0.4 is 18.9 Å². The number of anilines is 1. The molecular weight excluding hydrogens is 361 g/mol. The summed E-state index contributed by atoms with van der Waals surface area (Å²) in [4.78, 5) is 0. The van der Waals surface area contributed by atoms with E-state index in [0.29, 0.717) is 22.9 Å². The van der Waals surface area contributed by atoms with Gasteiger partial charge in [-0.05, 0) is 50.2 Å². The Morgan fingerprint density at radius 2 is 1.22 bits per heavy atom. The second-order valence-electron chi connectivity index (χ2n) is 6.12. The lowest BCUT2D eigenvalue weighted by Crippen LogP contribution is -2.10. The van der Waals surface area contributed by atoms with Gasteiger partial charge >= 0.3 is 7.75 Å². The minimum absolute atomic E-state index is 0.443. The molecular formula is C21H22NO4P. The number of hydrogen-bond acceptors (Lipinski definition) is 4. The van der Waals surface area contributed by atoms with Crippen molar-refractivity contribution < 1.29 is 18.3 Å². The van der Waals surface area contributed by atoms with Crippen LogP contribution in [0.1, 0.15) is 11.1 Å². The summed E-state index contributed by atoms with van der Waals surface area (Å²) in [6, 6.07) is 21.7. The lowest BCUT2D eigenvalue weighted by atomic mass is 10.2. The fraction of sp³-hybridized carbons (Fsp3) is 0.143.